The lowest BCUT2D eigenvalue weighted by molar-refractivity contribution is -0.140. The van der Waals surface area contributed by atoms with E-state index < -0.39 is 0 Å². The molecule has 0 aromatic carbocycles. The summed E-state index contributed by atoms with van der Waals surface area (Å²) < 4.78 is 0. The topological polar surface area (TPSA) is 69.7 Å². The molecule has 1 unspecified atom stereocenters. The van der Waals surface area contributed by atoms with Crippen LogP contribution in [-0.2, 0) is 9.59 Å². The molecule has 2 aliphatic rings. The van der Waals surface area contributed by atoms with E-state index in [1.807, 2.05) is 25.7 Å². The van der Waals surface area contributed by atoms with Crippen LogP contribution in [0.3, 0.4) is 0 Å². The van der Waals surface area contributed by atoms with Crippen molar-refractivity contribution in [3.63, 3.8) is 0 Å². The fourth-order valence-corrected chi connectivity index (χ4v) is 3.59. The van der Waals surface area contributed by atoms with Crippen molar-refractivity contribution in [3.05, 3.63) is 0 Å². The van der Waals surface area contributed by atoms with E-state index in [2.05, 4.69) is 12.2 Å². The van der Waals surface area contributed by atoms with Gasteiger partial charge in [0.2, 0.25) is 11.8 Å². The van der Waals surface area contributed by atoms with E-state index in [1.165, 1.54) is 4.90 Å². The number of nitrogens with zero attached hydrogens (tertiary/aromatic N) is 2. The first-order chi connectivity index (χ1) is 11.7. The molecule has 2 atom stereocenters. The van der Waals surface area contributed by atoms with Crippen LogP contribution in [0.1, 0.15) is 59.8 Å². The van der Waals surface area contributed by atoms with Crippen LogP contribution in [0.15, 0.2) is 0 Å². The molecule has 0 aromatic rings. The van der Waals surface area contributed by atoms with Crippen molar-refractivity contribution >= 4 is 17.8 Å². The summed E-state index contributed by atoms with van der Waals surface area (Å²) >= 11 is 0. The van der Waals surface area contributed by atoms with Crippen LogP contribution in [0.5, 0.6) is 0 Å². The molecule has 4 amide bonds. The summed E-state index contributed by atoms with van der Waals surface area (Å²) in [4.78, 5) is 39.7. The van der Waals surface area contributed by atoms with Crippen molar-refractivity contribution in [2.75, 3.05) is 26.2 Å². The van der Waals surface area contributed by atoms with Crippen molar-refractivity contribution in [2.45, 2.75) is 59.8 Å². The van der Waals surface area contributed by atoms with E-state index in [1.54, 1.807) is 0 Å². The zero-order valence-corrected chi connectivity index (χ0v) is 16.1. The first kappa shape index (κ1) is 19.7. The highest BCUT2D eigenvalue weighted by atomic mass is 16.2. The Labute approximate surface area is 151 Å². The maximum Gasteiger partial charge on any atom is 0.317 e. The number of carbonyl (C=O) groups excluding carboxylic acids is 3. The van der Waals surface area contributed by atoms with E-state index in [4.69, 9.17) is 0 Å². The van der Waals surface area contributed by atoms with Crippen LogP contribution < -0.4 is 5.32 Å². The van der Waals surface area contributed by atoms with Crippen LogP contribution in [0, 0.1) is 17.3 Å². The minimum atomic E-state index is -0.192. The fourth-order valence-electron chi connectivity index (χ4n) is 3.59. The number of imide groups is 1. The largest absolute Gasteiger partial charge is 0.338 e. The summed E-state index contributed by atoms with van der Waals surface area (Å²) in [6.45, 7) is 11.0. The number of unbranched alkanes of at least 4 members (excludes halogenated alkanes) is 2. The molecule has 6 nitrogen and oxygen atoms in total. The molecule has 0 aromatic heterocycles. The summed E-state index contributed by atoms with van der Waals surface area (Å²) in [6, 6.07) is 0.0299. The smallest absolute Gasteiger partial charge is 0.317 e. The summed E-state index contributed by atoms with van der Waals surface area (Å²) in [6.07, 6.45) is 3.99. The minimum Gasteiger partial charge on any atom is -0.338 e. The molecule has 25 heavy (non-hydrogen) atoms. The summed E-state index contributed by atoms with van der Waals surface area (Å²) in [5.41, 5.74) is -0.168. The van der Waals surface area contributed by atoms with Gasteiger partial charge in [0.1, 0.15) is 0 Å². The van der Waals surface area contributed by atoms with Gasteiger partial charge in [0.25, 0.3) is 0 Å². The number of likely N-dealkylation sites (tertiary alicyclic amines) is 2. The van der Waals surface area contributed by atoms with Crippen molar-refractivity contribution < 1.29 is 14.4 Å². The van der Waals surface area contributed by atoms with Gasteiger partial charge in [-0.1, -0.05) is 27.7 Å². The third kappa shape index (κ3) is 5.19. The number of rotatable bonds is 6. The summed E-state index contributed by atoms with van der Waals surface area (Å²) in [7, 11) is 0. The van der Waals surface area contributed by atoms with Gasteiger partial charge in [0.05, 0.1) is 5.92 Å². The molecular formula is C19H33N3O3. The second kappa shape index (κ2) is 8.19. The van der Waals surface area contributed by atoms with Crippen molar-refractivity contribution in [1.29, 1.82) is 0 Å². The summed E-state index contributed by atoms with van der Waals surface area (Å²) in [5, 5.41) is 2.96. The van der Waals surface area contributed by atoms with Crippen molar-refractivity contribution in [3.8, 4) is 0 Å². The Morgan fingerprint density at radius 1 is 1.20 bits per heavy atom. The van der Waals surface area contributed by atoms with Gasteiger partial charge in [-0.05, 0) is 37.0 Å². The Kier molecular flexibility index (Phi) is 6.47. The molecule has 142 valence electrons. The zero-order chi connectivity index (χ0) is 18.6. The number of hydrogen-bond acceptors (Lipinski definition) is 3. The monoisotopic (exact) mass is 351 g/mol. The first-order valence-corrected chi connectivity index (χ1v) is 9.57. The van der Waals surface area contributed by atoms with Crippen LogP contribution in [0.2, 0.25) is 0 Å². The Balaban J connectivity index is 1.61. The average molecular weight is 351 g/mol. The Morgan fingerprint density at radius 2 is 1.92 bits per heavy atom. The lowest BCUT2D eigenvalue weighted by Crippen LogP contribution is -2.38. The highest BCUT2D eigenvalue weighted by Gasteiger charge is 2.44. The molecule has 0 spiro atoms. The van der Waals surface area contributed by atoms with E-state index in [0.29, 0.717) is 25.4 Å². The molecule has 2 rings (SSSR count). The molecule has 2 aliphatic heterocycles. The normalized spacial score (nSPS) is 24.3. The Bertz CT molecular complexity index is 513. The van der Waals surface area contributed by atoms with Gasteiger partial charge in [0, 0.05) is 32.6 Å². The maximum atomic E-state index is 12.4. The van der Waals surface area contributed by atoms with Gasteiger partial charge in [-0.2, -0.15) is 0 Å². The van der Waals surface area contributed by atoms with Crippen LogP contribution >= 0.6 is 0 Å². The molecule has 2 fully saturated rings. The van der Waals surface area contributed by atoms with E-state index >= 15 is 0 Å². The quantitative estimate of drug-likeness (QED) is 0.591. The molecule has 0 radical (unpaired) electrons. The molecule has 1 N–H and O–H groups in total. The summed E-state index contributed by atoms with van der Waals surface area (Å²) in [5.74, 6) is 0.343. The number of carbonyl (C=O) groups is 3. The van der Waals surface area contributed by atoms with Crippen LogP contribution in [-0.4, -0.2) is 53.8 Å². The number of amides is 4. The van der Waals surface area contributed by atoms with Crippen molar-refractivity contribution in [2.24, 2.45) is 17.3 Å². The molecule has 0 saturated carbocycles. The van der Waals surface area contributed by atoms with Gasteiger partial charge >= 0.3 is 6.03 Å². The van der Waals surface area contributed by atoms with Gasteiger partial charge < -0.3 is 10.2 Å². The fraction of sp³-hybridized carbons (Fsp3) is 0.842. The lowest BCUT2D eigenvalue weighted by atomic mass is 9.80. The number of urea groups is 1. The van der Waals surface area contributed by atoms with E-state index in [9.17, 15) is 14.4 Å². The Hall–Kier alpha value is -1.59. The maximum absolute atomic E-state index is 12.4. The molecular weight excluding hydrogens is 318 g/mol. The second-order valence-electron chi connectivity index (χ2n) is 8.64. The van der Waals surface area contributed by atoms with Crippen LogP contribution in [0.4, 0.5) is 4.79 Å². The highest BCUT2D eigenvalue weighted by molar-refractivity contribution is 6.03. The third-order valence-electron chi connectivity index (χ3n) is 5.34. The van der Waals surface area contributed by atoms with Crippen molar-refractivity contribution in [1.82, 2.24) is 15.1 Å². The minimum absolute atomic E-state index is 0.0195. The lowest BCUT2D eigenvalue weighted by Gasteiger charge is -2.24. The Morgan fingerprint density at radius 3 is 2.48 bits per heavy atom. The average Bonchev–Trinajstić information content (AvgIpc) is 3.07. The van der Waals surface area contributed by atoms with Gasteiger partial charge in [-0.3, -0.25) is 14.5 Å². The number of hydrogen-bond donors (Lipinski definition) is 1. The number of nitrogens with one attached hydrogen (secondary N) is 1. The third-order valence-corrected chi connectivity index (χ3v) is 5.34. The molecule has 0 bridgehead atoms. The van der Waals surface area contributed by atoms with E-state index in [-0.39, 0.29) is 29.2 Å². The zero-order valence-electron chi connectivity index (χ0n) is 16.1. The SMILES string of the molecule is C[C@@H]1CCN(C(=O)NCCCCCN2C(=O)CC(C(C)(C)C)C2=O)C1. The van der Waals surface area contributed by atoms with Gasteiger partial charge in [-0.15, -0.1) is 0 Å². The highest BCUT2D eigenvalue weighted by Crippen LogP contribution is 2.35. The second-order valence-corrected chi connectivity index (χ2v) is 8.64. The molecule has 2 heterocycles. The predicted molar refractivity (Wildman–Crippen MR) is 96.9 cm³/mol. The molecule has 2 saturated heterocycles. The van der Waals surface area contributed by atoms with E-state index in [0.717, 1.165) is 38.8 Å². The first-order valence-electron chi connectivity index (χ1n) is 9.57. The standard InChI is InChI=1S/C19H33N3O3/c1-14-8-11-21(13-14)18(25)20-9-6-5-7-10-22-16(23)12-15(17(22)24)19(2,3)4/h14-15H,5-13H2,1-4H3,(H,20,25)/t14-,15?/m1/s1. The van der Waals surface area contributed by atoms with Gasteiger partial charge in [0.15, 0.2) is 0 Å². The van der Waals surface area contributed by atoms with Crippen LogP contribution in [0.25, 0.3) is 0 Å². The molecule has 6 heteroatoms. The molecule has 0 aliphatic carbocycles. The predicted octanol–water partition coefficient (Wildman–Crippen LogP) is 2.63. The van der Waals surface area contributed by atoms with Gasteiger partial charge in [-0.25, -0.2) is 4.79 Å².